The van der Waals surface area contributed by atoms with Gasteiger partial charge in [-0.1, -0.05) is 55.1 Å². The topological polar surface area (TPSA) is 15.3 Å². The molecule has 2 rings (SSSR count). The molecule has 21 heavy (non-hydrogen) atoms. The third kappa shape index (κ3) is 5.30. The van der Waals surface area contributed by atoms with Gasteiger partial charge in [0.2, 0.25) is 0 Å². The number of nitrogens with zero attached hydrogens (tertiary/aromatic N) is 1. The Morgan fingerprint density at radius 2 is 1.95 bits per heavy atom. The summed E-state index contributed by atoms with van der Waals surface area (Å²) in [5.74, 6) is 0.879. The molecule has 118 valence electrons. The average molecular weight is 353 g/mol. The maximum atomic E-state index is 3.72. The Kier molecular flexibility index (Phi) is 6.56. The Morgan fingerprint density at radius 3 is 2.57 bits per heavy atom. The van der Waals surface area contributed by atoms with Crippen LogP contribution in [0.5, 0.6) is 0 Å². The van der Waals surface area contributed by atoms with Gasteiger partial charge in [-0.2, -0.15) is 0 Å². The first-order valence-electron chi connectivity index (χ1n) is 8.29. The van der Waals surface area contributed by atoms with Gasteiger partial charge in [0.1, 0.15) is 0 Å². The second kappa shape index (κ2) is 8.19. The average Bonchev–Trinajstić information content (AvgIpc) is 2.46. The summed E-state index contributed by atoms with van der Waals surface area (Å²) in [6, 6.07) is 7.28. The number of hydrogen-bond acceptors (Lipinski definition) is 2. The molecule has 0 unspecified atom stereocenters. The van der Waals surface area contributed by atoms with E-state index in [1.54, 1.807) is 0 Å². The van der Waals surface area contributed by atoms with E-state index < -0.39 is 0 Å². The molecule has 0 bridgehead atoms. The first-order chi connectivity index (χ1) is 10.1. The van der Waals surface area contributed by atoms with Gasteiger partial charge in [-0.05, 0) is 36.5 Å². The normalized spacial score (nSPS) is 16.4. The van der Waals surface area contributed by atoms with E-state index in [2.05, 4.69) is 65.2 Å². The van der Waals surface area contributed by atoms with Crippen LogP contribution in [0.2, 0.25) is 0 Å². The van der Waals surface area contributed by atoms with E-state index in [1.807, 2.05) is 0 Å². The number of benzene rings is 1. The number of rotatable bonds is 6. The Labute approximate surface area is 138 Å². The van der Waals surface area contributed by atoms with Crippen molar-refractivity contribution in [2.45, 2.75) is 58.5 Å². The molecule has 3 heteroatoms. The summed E-state index contributed by atoms with van der Waals surface area (Å²) in [5, 5.41) is 3.47. The van der Waals surface area contributed by atoms with Crippen LogP contribution in [-0.2, 0) is 6.54 Å². The Bertz CT molecular complexity index is 439. The standard InChI is InChI=1S/C18H29BrN2/c1-14(2)20-12-16-9-10-17(11-18(16)19)21(3)13-15-7-5-4-6-8-15/h9-11,14-15,20H,4-8,12-13H2,1-3H3. The summed E-state index contributed by atoms with van der Waals surface area (Å²) in [6.07, 6.45) is 7.08. The third-order valence-corrected chi connectivity index (χ3v) is 5.17. The highest BCUT2D eigenvalue weighted by Gasteiger charge is 2.16. The minimum atomic E-state index is 0.519. The van der Waals surface area contributed by atoms with Crippen molar-refractivity contribution in [3.8, 4) is 0 Å². The van der Waals surface area contributed by atoms with Crippen molar-refractivity contribution in [1.29, 1.82) is 0 Å². The number of hydrogen-bond donors (Lipinski definition) is 1. The van der Waals surface area contributed by atoms with Crippen molar-refractivity contribution in [2.75, 3.05) is 18.5 Å². The molecule has 1 fully saturated rings. The van der Waals surface area contributed by atoms with Gasteiger partial charge in [0.25, 0.3) is 0 Å². The van der Waals surface area contributed by atoms with Crippen molar-refractivity contribution in [3.05, 3.63) is 28.2 Å². The number of nitrogens with one attached hydrogen (secondary N) is 1. The van der Waals surface area contributed by atoms with Crippen LogP contribution in [-0.4, -0.2) is 19.6 Å². The van der Waals surface area contributed by atoms with Crippen LogP contribution < -0.4 is 10.2 Å². The molecule has 1 aromatic carbocycles. The molecule has 0 aromatic heterocycles. The molecule has 0 aliphatic heterocycles. The van der Waals surface area contributed by atoms with E-state index in [0.29, 0.717) is 6.04 Å². The third-order valence-electron chi connectivity index (χ3n) is 4.43. The smallest absolute Gasteiger partial charge is 0.0375 e. The van der Waals surface area contributed by atoms with Crippen LogP contribution in [0, 0.1) is 5.92 Å². The lowest BCUT2D eigenvalue weighted by Gasteiger charge is -2.28. The van der Waals surface area contributed by atoms with Gasteiger partial charge >= 0.3 is 0 Å². The molecule has 1 aromatic rings. The molecule has 1 saturated carbocycles. The van der Waals surface area contributed by atoms with Gasteiger partial charge in [0.15, 0.2) is 0 Å². The zero-order valence-electron chi connectivity index (χ0n) is 13.7. The van der Waals surface area contributed by atoms with Gasteiger partial charge < -0.3 is 10.2 Å². The minimum absolute atomic E-state index is 0.519. The van der Waals surface area contributed by atoms with Crippen molar-refractivity contribution < 1.29 is 0 Å². The summed E-state index contributed by atoms with van der Waals surface area (Å²) in [7, 11) is 2.22. The summed E-state index contributed by atoms with van der Waals surface area (Å²) < 4.78 is 1.21. The van der Waals surface area contributed by atoms with Crippen LogP contribution in [0.15, 0.2) is 22.7 Å². The predicted molar refractivity (Wildman–Crippen MR) is 96.0 cm³/mol. The van der Waals surface area contributed by atoms with Crippen LogP contribution >= 0.6 is 15.9 Å². The van der Waals surface area contributed by atoms with Gasteiger partial charge in [-0.25, -0.2) is 0 Å². The maximum absolute atomic E-state index is 3.72. The van der Waals surface area contributed by atoms with Crippen LogP contribution in [0.1, 0.15) is 51.5 Å². The molecule has 0 saturated heterocycles. The fourth-order valence-electron chi connectivity index (χ4n) is 3.09. The summed E-state index contributed by atoms with van der Waals surface area (Å²) in [4.78, 5) is 2.42. The molecule has 1 N–H and O–H groups in total. The van der Waals surface area contributed by atoms with Crippen molar-refractivity contribution in [2.24, 2.45) is 5.92 Å². The lowest BCUT2D eigenvalue weighted by molar-refractivity contribution is 0.362. The van der Waals surface area contributed by atoms with E-state index in [1.165, 1.54) is 54.4 Å². The second-order valence-corrected chi connectivity index (χ2v) is 7.55. The van der Waals surface area contributed by atoms with E-state index in [-0.39, 0.29) is 0 Å². The largest absolute Gasteiger partial charge is 0.374 e. The summed E-state index contributed by atoms with van der Waals surface area (Å²) in [5.41, 5.74) is 2.65. The molecular formula is C18H29BrN2. The summed E-state index contributed by atoms with van der Waals surface area (Å²) in [6.45, 7) is 6.47. The van der Waals surface area contributed by atoms with Crippen LogP contribution in [0.25, 0.3) is 0 Å². The van der Waals surface area contributed by atoms with Gasteiger partial charge in [0.05, 0.1) is 0 Å². The molecular weight excluding hydrogens is 324 g/mol. The zero-order valence-corrected chi connectivity index (χ0v) is 15.2. The lowest BCUT2D eigenvalue weighted by atomic mass is 9.89. The first-order valence-corrected chi connectivity index (χ1v) is 9.08. The van der Waals surface area contributed by atoms with Crippen LogP contribution in [0.3, 0.4) is 0 Å². The van der Waals surface area contributed by atoms with E-state index >= 15 is 0 Å². The molecule has 0 heterocycles. The predicted octanol–water partition coefficient (Wildman–Crippen LogP) is 4.96. The Hall–Kier alpha value is -0.540. The Balaban J connectivity index is 1.94. The molecule has 0 radical (unpaired) electrons. The first kappa shape index (κ1) is 16.8. The minimum Gasteiger partial charge on any atom is -0.374 e. The molecule has 0 atom stereocenters. The lowest BCUT2D eigenvalue weighted by Crippen LogP contribution is -2.27. The van der Waals surface area contributed by atoms with E-state index in [9.17, 15) is 0 Å². The summed E-state index contributed by atoms with van der Waals surface area (Å²) >= 11 is 3.72. The molecule has 2 nitrogen and oxygen atoms in total. The van der Waals surface area contributed by atoms with Gasteiger partial charge in [-0.15, -0.1) is 0 Å². The molecule has 0 amide bonds. The highest BCUT2D eigenvalue weighted by Crippen LogP contribution is 2.28. The quantitative estimate of drug-likeness (QED) is 0.777. The molecule has 1 aliphatic carbocycles. The zero-order chi connectivity index (χ0) is 15.2. The van der Waals surface area contributed by atoms with Crippen molar-refractivity contribution in [1.82, 2.24) is 5.32 Å². The monoisotopic (exact) mass is 352 g/mol. The van der Waals surface area contributed by atoms with Gasteiger partial charge in [-0.3, -0.25) is 0 Å². The van der Waals surface area contributed by atoms with E-state index in [4.69, 9.17) is 0 Å². The molecule has 1 aliphatic rings. The number of halogens is 1. The Morgan fingerprint density at radius 1 is 1.24 bits per heavy atom. The van der Waals surface area contributed by atoms with Crippen LogP contribution in [0.4, 0.5) is 5.69 Å². The van der Waals surface area contributed by atoms with Gasteiger partial charge in [0, 0.05) is 36.3 Å². The van der Waals surface area contributed by atoms with Crippen molar-refractivity contribution >= 4 is 21.6 Å². The fourth-order valence-corrected chi connectivity index (χ4v) is 3.60. The number of anilines is 1. The second-order valence-electron chi connectivity index (χ2n) is 6.70. The molecule has 0 spiro atoms. The highest BCUT2D eigenvalue weighted by molar-refractivity contribution is 9.10. The maximum Gasteiger partial charge on any atom is 0.0375 e. The highest BCUT2D eigenvalue weighted by atomic mass is 79.9. The fraction of sp³-hybridized carbons (Fsp3) is 0.667. The van der Waals surface area contributed by atoms with E-state index in [0.717, 1.165) is 12.5 Å². The SMILES string of the molecule is CC(C)NCc1ccc(N(C)CC2CCCCC2)cc1Br. The van der Waals surface area contributed by atoms with Crippen molar-refractivity contribution in [3.63, 3.8) is 0 Å².